The van der Waals surface area contributed by atoms with Crippen molar-refractivity contribution in [2.24, 2.45) is 5.73 Å². The largest absolute Gasteiger partial charge is 0.368 e. The summed E-state index contributed by atoms with van der Waals surface area (Å²) in [5, 5.41) is 2.34. The van der Waals surface area contributed by atoms with Gasteiger partial charge in [0.15, 0.2) is 0 Å². The van der Waals surface area contributed by atoms with Crippen LogP contribution in [0.15, 0.2) is 0 Å². The fourth-order valence-corrected chi connectivity index (χ4v) is 1.36. The van der Waals surface area contributed by atoms with Crippen LogP contribution in [0.3, 0.4) is 0 Å². The molecule has 6 nitrogen and oxygen atoms in total. The Morgan fingerprint density at radius 1 is 1.64 bits per heavy atom. The highest BCUT2D eigenvalue weighted by molar-refractivity contribution is 6.06. The third-order valence-corrected chi connectivity index (χ3v) is 2.56. The maximum absolute atomic E-state index is 11.3. The van der Waals surface area contributed by atoms with Crippen molar-refractivity contribution in [3.05, 3.63) is 0 Å². The van der Waals surface area contributed by atoms with Crippen LogP contribution in [0.1, 0.15) is 20.3 Å². The van der Waals surface area contributed by atoms with E-state index in [4.69, 9.17) is 5.73 Å². The second kappa shape index (κ2) is 3.28. The molecule has 0 aliphatic carbocycles. The summed E-state index contributed by atoms with van der Waals surface area (Å²) in [4.78, 5) is 34.7. The minimum Gasteiger partial charge on any atom is -0.368 e. The van der Waals surface area contributed by atoms with Crippen molar-refractivity contribution in [2.45, 2.75) is 25.8 Å². The van der Waals surface area contributed by atoms with Gasteiger partial charge in [0.05, 0.1) is 6.54 Å². The molecule has 0 aromatic rings. The second-order valence-corrected chi connectivity index (χ2v) is 3.38. The number of amides is 4. The first-order valence-electron chi connectivity index (χ1n) is 4.34. The number of carbonyl (C=O) groups is 3. The van der Waals surface area contributed by atoms with Crippen LogP contribution in [0.25, 0.3) is 0 Å². The van der Waals surface area contributed by atoms with E-state index in [1.807, 2.05) is 0 Å². The van der Waals surface area contributed by atoms with E-state index in [1.54, 1.807) is 6.92 Å². The predicted molar refractivity (Wildman–Crippen MR) is 48.1 cm³/mol. The molecule has 0 spiro atoms. The van der Waals surface area contributed by atoms with Gasteiger partial charge in [0.1, 0.15) is 5.54 Å². The Hall–Kier alpha value is -1.59. The van der Waals surface area contributed by atoms with Gasteiger partial charge in [-0.05, 0) is 13.3 Å². The van der Waals surface area contributed by atoms with Gasteiger partial charge in [0, 0.05) is 0 Å². The van der Waals surface area contributed by atoms with Crippen LogP contribution < -0.4 is 11.1 Å². The second-order valence-electron chi connectivity index (χ2n) is 3.38. The summed E-state index contributed by atoms with van der Waals surface area (Å²) >= 11 is 0. The van der Waals surface area contributed by atoms with Crippen molar-refractivity contribution >= 4 is 17.8 Å². The molecule has 1 aliphatic rings. The van der Waals surface area contributed by atoms with Crippen molar-refractivity contribution in [1.82, 2.24) is 10.2 Å². The lowest BCUT2D eigenvalue weighted by atomic mass is 9.96. The van der Waals surface area contributed by atoms with E-state index < -0.39 is 23.4 Å². The fraction of sp³-hybridized carbons (Fsp3) is 0.625. The molecule has 1 saturated heterocycles. The van der Waals surface area contributed by atoms with E-state index in [0.717, 1.165) is 4.90 Å². The molecule has 3 N–H and O–H groups in total. The van der Waals surface area contributed by atoms with Crippen LogP contribution in [0, 0.1) is 0 Å². The van der Waals surface area contributed by atoms with Crippen LogP contribution in [0.2, 0.25) is 0 Å². The number of hydrogen-bond acceptors (Lipinski definition) is 3. The number of urea groups is 1. The number of imide groups is 1. The molecule has 1 rings (SSSR count). The van der Waals surface area contributed by atoms with Crippen molar-refractivity contribution < 1.29 is 14.4 Å². The Bertz CT molecular complexity index is 286. The first-order chi connectivity index (χ1) is 6.43. The monoisotopic (exact) mass is 199 g/mol. The lowest BCUT2D eigenvalue weighted by Crippen LogP contribution is -2.57. The average molecular weight is 199 g/mol. The van der Waals surface area contributed by atoms with Gasteiger partial charge in [-0.2, -0.15) is 0 Å². The number of nitrogens with one attached hydrogen (secondary N) is 1. The van der Waals surface area contributed by atoms with Crippen LogP contribution in [-0.2, 0) is 9.59 Å². The van der Waals surface area contributed by atoms with Crippen LogP contribution in [0.5, 0.6) is 0 Å². The lowest BCUT2D eigenvalue weighted by Gasteiger charge is -2.32. The van der Waals surface area contributed by atoms with Crippen molar-refractivity contribution in [2.75, 3.05) is 6.54 Å². The molecule has 1 fully saturated rings. The normalized spacial score (nSPS) is 20.6. The van der Waals surface area contributed by atoms with E-state index in [2.05, 4.69) is 5.32 Å². The Morgan fingerprint density at radius 3 is 2.50 bits per heavy atom. The molecule has 0 bridgehead atoms. The van der Waals surface area contributed by atoms with Gasteiger partial charge in [-0.1, -0.05) is 6.92 Å². The molecule has 6 heteroatoms. The number of carbonyl (C=O) groups excluding carboxylic acids is 3. The lowest BCUT2D eigenvalue weighted by molar-refractivity contribution is -0.138. The molecule has 78 valence electrons. The predicted octanol–water partition coefficient (Wildman–Crippen LogP) is -0.808. The van der Waals surface area contributed by atoms with E-state index in [0.29, 0.717) is 6.42 Å². The average Bonchev–Trinajstić information content (AvgIpc) is 2.45. The Labute approximate surface area is 81.4 Å². The van der Waals surface area contributed by atoms with E-state index in [9.17, 15) is 14.4 Å². The zero-order valence-corrected chi connectivity index (χ0v) is 8.16. The Kier molecular flexibility index (Phi) is 2.46. The van der Waals surface area contributed by atoms with E-state index in [-0.39, 0.29) is 6.54 Å². The number of hydrogen-bond donors (Lipinski definition) is 2. The standard InChI is InChI=1S/C8H13N3O3/c1-3-8(2,6(9)13)11-5(12)4-10-7(11)14/h3-4H2,1-2H3,(H2,9,13)(H,10,14). The summed E-state index contributed by atoms with van der Waals surface area (Å²) in [5.41, 5.74) is 3.95. The van der Waals surface area contributed by atoms with Crippen molar-refractivity contribution in [1.29, 1.82) is 0 Å². The smallest absolute Gasteiger partial charge is 0.325 e. The minimum absolute atomic E-state index is 0.0678. The van der Waals surface area contributed by atoms with E-state index in [1.165, 1.54) is 6.92 Å². The van der Waals surface area contributed by atoms with Gasteiger partial charge in [-0.15, -0.1) is 0 Å². The molecule has 1 aliphatic heterocycles. The van der Waals surface area contributed by atoms with Crippen molar-refractivity contribution in [3.8, 4) is 0 Å². The summed E-state index contributed by atoms with van der Waals surface area (Å²) in [6.45, 7) is 3.11. The maximum atomic E-state index is 11.3. The highest BCUT2D eigenvalue weighted by Crippen LogP contribution is 2.21. The van der Waals surface area contributed by atoms with Gasteiger partial charge in [0.2, 0.25) is 5.91 Å². The van der Waals surface area contributed by atoms with Gasteiger partial charge < -0.3 is 11.1 Å². The zero-order valence-electron chi connectivity index (χ0n) is 8.16. The number of rotatable bonds is 3. The SMILES string of the molecule is CCC(C)(C(N)=O)N1C(=O)CNC1=O. The molecule has 0 saturated carbocycles. The summed E-state index contributed by atoms with van der Waals surface area (Å²) in [5.74, 6) is -1.09. The maximum Gasteiger partial charge on any atom is 0.325 e. The number of nitrogens with two attached hydrogens (primary N) is 1. The van der Waals surface area contributed by atoms with Gasteiger partial charge in [-0.3, -0.25) is 9.59 Å². The Balaban J connectivity index is 3.05. The third kappa shape index (κ3) is 1.32. The molecule has 1 unspecified atom stereocenters. The van der Waals surface area contributed by atoms with Gasteiger partial charge in [-0.25, -0.2) is 9.69 Å². The first kappa shape index (κ1) is 10.5. The van der Waals surface area contributed by atoms with Crippen LogP contribution >= 0.6 is 0 Å². The van der Waals surface area contributed by atoms with E-state index >= 15 is 0 Å². The molecule has 1 atom stereocenters. The molecule has 14 heavy (non-hydrogen) atoms. The quantitative estimate of drug-likeness (QED) is 0.582. The molecule has 1 heterocycles. The minimum atomic E-state index is -1.22. The molecule has 0 aromatic carbocycles. The van der Waals surface area contributed by atoms with Crippen LogP contribution in [-0.4, -0.2) is 34.8 Å². The van der Waals surface area contributed by atoms with Crippen LogP contribution in [0.4, 0.5) is 4.79 Å². The first-order valence-corrected chi connectivity index (χ1v) is 4.34. The van der Waals surface area contributed by atoms with Crippen molar-refractivity contribution in [3.63, 3.8) is 0 Å². The summed E-state index contributed by atoms with van der Waals surface area (Å²) in [6.07, 6.45) is 0.307. The molecule has 0 aromatic heterocycles. The molecule has 0 radical (unpaired) electrons. The zero-order chi connectivity index (χ0) is 10.9. The number of primary amides is 1. The third-order valence-electron chi connectivity index (χ3n) is 2.56. The molecular formula is C8H13N3O3. The molecule has 4 amide bonds. The highest BCUT2D eigenvalue weighted by atomic mass is 16.2. The summed E-state index contributed by atoms with van der Waals surface area (Å²) in [6, 6.07) is -0.557. The Morgan fingerprint density at radius 2 is 2.21 bits per heavy atom. The fourth-order valence-electron chi connectivity index (χ4n) is 1.36. The van der Waals surface area contributed by atoms with Gasteiger partial charge >= 0.3 is 6.03 Å². The highest BCUT2D eigenvalue weighted by Gasteiger charge is 2.46. The summed E-state index contributed by atoms with van der Waals surface area (Å²) in [7, 11) is 0. The van der Waals surface area contributed by atoms with Gasteiger partial charge in [0.25, 0.3) is 5.91 Å². The molecular weight excluding hydrogens is 186 g/mol. The topological polar surface area (TPSA) is 92.5 Å². The number of nitrogens with zero attached hydrogens (tertiary/aromatic N) is 1. The summed E-state index contributed by atoms with van der Waals surface area (Å²) < 4.78 is 0.